The largest absolute Gasteiger partial charge is 0.489 e. The van der Waals surface area contributed by atoms with Crippen LogP contribution < -0.4 is 10.3 Å². The Kier molecular flexibility index (Phi) is 4.39. The zero-order valence-electron chi connectivity index (χ0n) is 11.4. The molecular weight excluding hydrogens is 276 g/mol. The number of benzene rings is 1. The van der Waals surface area contributed by atoms with Gasteiger partial charge in [-0.3, -0.25) is 4.79 Å². The number of hydrogen-bond donors (Lipinski definition) is 0. The van der Waals surface area contributed by atoms with Crippen LogP contribution in [0.3, 0.4) is 0 Å². The average molecular weight is 289 g/mol. The molecule has 0 aliphatic heterocycles. The van der Waals surface area contributed by atoms with Gasteiger partial charge in [0.25, 0.3) is 5.56 Å². The molecule has 1 aromatic heterocycles. The number of pyridine rings is 1. The molecule has 0 atom stereocenters. The van der Waals surface area contributed by atoms with Crippen molar-refractivity contribution in [3.8, 4) is 18.1 Å². The molecule has 0 saturated heterocycles. The second-order valence-corrected chi connectivity index (χ2v) is 4.49. The van der Waals surface area contributed by atoms with E-state index in [4.69, 9.17) is 11.2 Å². The molecule has 5 heteroatoms. The van der Waals surface area contributed by atoms with Crippen molar-refractivity contribution < 1.29 is 13.5 Å². The third-order valence-corrected chi connectivity index (χ3v) is 2.97. The van der Waals surface area contributed by atoms with Gasteiger partial charge in [0.05, 0.1) is 6.54 Å². The maximum Gasteiger partial charge on any atom is 0.255 e. The third-order valence-electron chi connectivity index (χ3n) is 2.97. The Morgan fingerprint density at radius 1 is 1.29 bits per heavy atom. The summed E-state index contributed by atoms with van der Waals surface area (Å²) in [5, 5.41) is 0. The monoisotopic (exact) mass is 289 g/mol. The van der Waals surface area contributed by atoms with E-state index in [0.29, 0.717) is 11.4 Å². The Labute approximate surface area is 120 Å². The molecule has 3 nitrogen and oxygen atoms in total. The van der Waals surface area contributed by atoms with E-state index < -0.39 is 11.6 Å². The van der Waals surface area contributed by atoms with Crippen molar-refractivity contribution in [3.63, 3.8) is 0 Å². The lowest BCUT2D eigenvalue weighted by atomic mass is 10.2. The van der Waals surface area contributed by atoms with E-state index in [1.165, 1.54) is 16.7 Å². The molecule has 0 spiro atoms. The molecule has 0 unspecified atom stereocenters. The normalized spacial score (nSPS) is 10.2. The highest BCUT2D eigenvalue weighted by Crippen LogP contribution is 2.15. The number of terminal acetylenes is 1. The fraction of sp³-hybridized carbons (Fsp3) is 0.188. The van der Waals surface area contributed by atoms with Gasteiger partial charge < -0.3 is 9.30 Å². The van der Waals surface area contributed by atoms with Crippen LogP contribution in [0.5, 0.6) is 5.75 Å². The van der Waals surface area contributed by atoms with E-state index in [0.717, 1.165) is 12.1 Å². The first-order chi connectivity index (χ1) is 10.0. The molecule has 0 N–H and O–H groups in total. The van der Waals surface area contributed by atoms with Gasteiger partial charge >= 0.3 is 0 Å². The van der Waals surface area contributed by atoms with Gasteiger partial charge in [-0.25, -0.2) is 8.78 Å². The first kappa shape index (κ1) is 14.8. The van der Waals surface area contributed by atoms with Crippen molar-refractivity contribution in [2.75, 3.05) is 0 Å². The Hall–Kier alpha value is -2.61. The fourth-order valence-electron chi connectivity index (χ4n) is 1.88. The second-order valence-electron chi connectivity index (χ2n) is 4.49. The van der Waals surface area contributed by atoms with Gasteiger partial charge in [0, 0.05) is 23.4 Å². The maximum atomic E-state index is 13.5. The summed E-state index contributed by atoms with van der Waals surface area (Å²) < 4.78 is 33.1. The van der Waals surface area contributed by atoms with E-state index in [1.54, 1.807) is 13.0 Å². The number of aryl methyl sites for hydroxylation is 1. The van der Waals surface area contributed by atoms with E-state index in [1.807, 2.05) is 0 Å². The van der Waals surface area contributed by atoms with Gasteiger partial charge in [-0.2, -0.15) is 0 Å². The van der Waals surface area contributed by atoms with Gasteiger partial charge in [-0.15, -0.1) is 6.42 Å². The van der Waals surface area contributed by atoms with Gasteiger partial charge in [-0.1, -0.05) is 5.92 Å². The van der Waals surface area contributed by atoms with Crippen LogP contribution >= 0.6 is 0 Å². The molecule has 2 rings (SSSR count). The van der Waals surface area contributed by atoms with Crippen LogP contribution in [-0.2, 0) is 13.2 Å². The first-order valence-corrected chi connectivity index (χ1v) is 6.23. The summed E-state index contributed by atoms with van der Waals surface area (Å²) in [7, 11) is 0. The van der Waals surface area contributed by atoms with Crippen molar-refractivity contribution in [1.29, 1.82) is 0 Å². The number of rotatable bonds is 4. The van der Waals surface area contributed by atoms with E-state index in [-0.39, 0.29) is 24.3 Å². The van der Waals surface area contributed by atoms with Gasteiger partial charge in [-0.05, 0) is 25.1 Å². The van der Waals surface area contributed by atoms with Crippen LogP contribution in [0.4, 0.5) is 8.78 Å². The molecule has 0 aliphatic carbocycles. The summed E-state index contributed by atoms with van der Waals surface area (Å²) in [5.74, 6) is 1.37. The molecule has 0 bridgehead atoms. The van der Waals surface area contributed by atoms with Crippen LogP contribution in [0.2, 0.25) is 0 Å². The second kappa shape index (κ2) is 6.23. The van der Waals surface area contributed by atoms with Crippen molar-refractivity contribution in [2.24, 2.45) is 0 Å². The van der Waals surface area contributed by atoms with Crippen LogP contribution in [0.1, 0.15) is 11.3 Å². The minimum Gasteiger partial charge on any atom is -0.489 e. The summed E-state index contributed by atoms with van der Waals surface area (Å²) in [6.45, 7) is 1.81. The number of aromatic nitrogens is 1. The predicted molar refractivity (Wildman–Crippen MR) is 75.0 cm³/mol. The van der Waals surface area contributed by atoms with E-state index >= 15 is 0 Å². The molecule has 0 radical (unpaired) electrons. The summed E-state index contributed by atoms with van der Waals surface area (Å²) >= 11 is 0. The Morgan fingerprint density at radius 2 is 2.05 bits per heavy atom. The van der Waals surface area contributed by atoms with Gasteiger partial charge in [0.2, 0.25) is 0 Å². The van der Waals surface area contributed by atoms with Crippen LogP contribution in [0, 0.1) is 30.9 Å². The smallest absolute Gasteiger partial charge is 0.255 e. The molecule has 108 valence electrons. The summed E-state index contributed by atoms with van der Waals surface area (Å²) in [5.41, 5.74) is 0.569. The number of ether oxygens (including phenoxy) is 1. The van der Waals surface area contributed by atoms with Crippen molar-refractivity contribution in [3.05, 3.63) is 63.6 Å². The highest BCUT2D eigenvalue weighted by atomic mass is 19.1. The lowest BCUT2D eigenvalue weighted by Crippen LogP contribution is -2.21. The van der Waals surface area contributed by atoms with Gasteiger partial charge in [0.15, 0.2) is 0 Å². The zero-order chi connectivity index (χ0) is 15.4. The molecule has 1 aromatic carbocycles. The van der Waals surface area contributed by atoms with E-state index in [9.17, 15) is 13.6 Å². The molecule has 1 heterocycles. The summed E-state index contributed by atoms with van der Waals surface area (Å²) in [4.78, 5) is 11.8. The van der Waals surface area contributed by atoms with Crippen molar-refractivity contribution >= 4 is 0 Å². The SMILES string of the molecule is C#CCn1c(C)cc(OCc2ccc(F)cc2F)cc1=O. The Morgan fingerprint density at radius 3 is 2.67 bits per heavy atom. The third kappa shape index (κ3) is 3.48. The van der Waals surface area contributed by atoms with Gasteiger partial charge in [0.1, 0.15) is 24.0 Å². The molecular formula is C16H13F2NO2. The predicted octanol–water partition coefficient (Wildman–Crippen LogP) is 2.65. The molecule has 0 fully saturated rings. The quantitative estimate of drug-likeness (QED) is 0.810. The number of nitrogens with zero attached hydrogens (tertiary/aromatic N) is 1. The average Bonchev–Trinajstić information content (AvgIpc) is 2.42. The summed E-state index contributed by atoms with van der Waals surface area (Å²) in [6.07, 6.45) is 5.19. The molecule has 21 heavy (non-hydrogen) atoms. The standard InChI is InChI=1S/C16H13F2NO2/c1-3-6-19-11(2)7-14(9-16(19)20)21-10-12-4-5-13(17)8-15(12)18/h1,4-5,7-9H,6,10H2,2H3. The van der Waals surface area contributed by atoms with Crippen molar-refractivity contribution in [1.82, 2.24) is 4.57 Å². The molecule has 2 aromatic rings. The Balaban J connectivity index is 2.17. The van der Waals surface area contributed by atoms with Crippen LogP contribution in [-0.4, -0.2) is 4.57 Å². The minimum atomic E-state index is -0.688. The van der Waals surface area contributed by atoms with Crippen molar-refractivity contribution in [2.45, 2.75) is 20.1 Å². The van der Waals surface area contributed by atoms with Crippen LogP contribution in [0.15, 0.2) is 35.1 Å². The lowest BCUT2D eigenvalue weighted by Gasteiger charge is -2.11. The molecule has 0 saturated carbocycles. The number of hydrogen-bond acceptors (Lipinski definition) is 2. The first-order valence-electron chi connectivity index (χ1n) is 6.23. The highest BCUT2D eigenvalue weighted by molar-refractivity contribution is 5.25. The minimum absolute atomic E-state index is 0.0931. The van der Waals surface area contributed by atoms with Crippen LogP contribution in [0.25, 0.3) is 0 Å². The highest BCUT2D eigenvalue weighted by Gasteiger charge is 2.07. The maximum absolute atomic E-state index is 13.5. The number of halogens is 2. The van der Waals surface area contributed by atoms with E-state index in [2.05, 4.69) is 5.92 Å². The molecule has 0 amide bonds. The zero-order valence-corrected chi connectivity index (χ0v) is 11.4. The summed E-state index contributed by atoms with van der Waals surface area (Å²) in [6, 6.07) is 6.16. The Bertz CT molecular complexity index is 760. The lowest BCUT2D eigenvalue weighted by molar-refractivity contribution is 0.298. The molecule has 0 aliphatic rings. The topological polar surface area (TPSA) is 31.2 Å². The fourth-order valence-corrected chi connectivity index (χ4v) is 1.88.